The Balaban J connectivity index is 1.70. The van der Waals surface area contributed by atoms with E-state index in [0.717, 1.165) is 11.2 Å². The van der Waals surface area contributed by atoms with Gasteiger partial charge in [-0.1, -0.05) is 18.2 Å². The Hall–Kier alpha value is -2.81. The normalized spacial score (nSPS) is 15.2. The lowest BCUT2D eigenvalue weighted by atomic mass is 10.3. The molecule has 178 valence electrons. The quantitative estimate of drug-likeness (QED) is 0.327. The van der Waals surface area contributed by atoms with E-state index in [-0.39, 0.29) is 18.6 Å². The number of para-hydroxylation sites is 1. The van der Waals surface area contributed by atoms with Gasteiger partial charge in [-0.25, -0.2) is 20.0 Å². The number of hydrogen-bond donors (Lipinski definition) is 1. The van der Waals surface area contributed by atoms with E-state index >= 15 is 0 Å². The summed E-state index contributed by atoms with van der Waals surface area (Å²) in [7, 11) is -3.62. The summed E-state index contributed by atoms with van der Waals surface area (Å²) in [5.41, 5.74) is 2.21. The molecule has 1 unspecified atom stereocenters. The second kappa shape index (κ2) is 10.9. The molecule has 1 N–H and O–H groups in total. The standard InChI is InChI=1S/C22H30N5O5P/c1-15(2)31-22(28)18(5)26-33(29,32-19-9-7-6-8-10-19)14-30-16(3)11-27-13-25-20-17(4)23-12-24-21(20)27/h6-10,12-13,15-16,18H,11,14H2,1-5H3,(H,26,29)/t16-,18+,33?/m1/s1. The number of benzene rings is 1. The highest BCUT2D eigenvalue weighted by molar-refractivity contribution is 7.57. The summed E-state index contributed by atoms with van der Waals surface area (Å²) in [5.74, 6) is -0.114. The Labute approximate surface area is 193 Å². The third-order valence-electron chi connectivity index (χ3n) is 4.66. The lowest BCUT2D eigenvalue weighted by molar-refractivity contribution is -0.149. The third-order valence-corrected chi connectivity index (χ3v) is 6.43. The highest BCUT2D eigenvalue weighted by Crippen LogP contribution is 2.44. The van der Waals surface area contributed by atoms with Crippen LogP contribution in [0.4, 0.5) is 0 Å². The second-order valence-corrected chi connectivity index (χ2v) is 10.1. The van der Waals surface area contributed by atoms with Gasteiger partial charge >= 0.3 is 13.5 Å². The first-order valence-electron chi connectivity index (χ1n) is 10.7. The lowest BCUT2D eigenvalue weighted by Gasteiger charge is -2.25. The molecule has 2 aromatic heterocycles. The molecule has 0 spiro atoms. The molecule has 10 nitrogen and oxygen atoms in total. The smallest absolute Gasteiger partial charge is 0.342 e. The number of fused-ring (bicyclic) bond motifs is 1. The van der Waals surface area contributed by atoms with Crippen molar-refractivity contribution in [3.05, 3.63) is 48.7 Å². The van der Waals surface area contributed by atoms with Gasteiger partial charge in [-0.2, -0.15) is 0 Å². The first-order valence-corrected chi connectivity index (χ1v) is 12.5. The fourth-order valence-corrected chi connectivity index (χ4v) is 4.90. The van der Waals surface area contributed by atoms with Crippen LogP contribution in [0.3, 0.4) is 0 Å². The first-order chi connectivity index (χ1) is 15.7. The van der Waals surface area contributed by atoms with Gasteiger partial charge < -0.3 is 18.6 Å². The fourth-order valence-electron chi connectivity index (χ4n) is 3.11. The number of nitrogens with zero attached hydrogens (tertiary/aromatic N) is 4. The van der Waals surface area contributed by atoms with Crippen molar-refractivity contribution in [3.8, 4) is 5.75 Å². The molecule has 3 rings (SSSR count). The largest absolute Gasteiger partial charge is 0.462 e. The minimum absolute atomic E-state index is 0.247. The number of aryl methyl sites for hydroxylation is 1. The Morgan fingerprint density at radius 1 is 1.12 bits per heavy atom. The molecule has 2 heterocycles. The van der Waals surface area contributed by atoms with Crippen molar-refractivity contribution in [1.82, 2.24) is 24.6 Å². The zero-order chi connectivity index (χ0) is 24.0. The van der Waals surface area contributed by atoms with Gasteiger partial charge in [0.2, 0.25) is 0 Å². The highest BCUT2D eigenvalue weighted by Gasteiger charge is 2.32. The average Bonchev–Trinajstić information content (AvgIpc) is 3.16. The summed E-state index contributed by atoms with van der Waals surface area (Å²) in [4.78, 5) is 25.1. The van der Waals surface area contributed by atoms with Crippen LogP contribution in [-0.2, 0) is 25.4 Å². The number of nitrogens with one attached hydrogen (secondary N) is 1. The van der Waals surface area contributed by atoms with E-state index in [1.165, 1.54) is 6.33 Å². The molecular weight excluding hydrogens is 445 g/mol. The van der Waals surface area contributed by atoms with Gasteiger partial charge in [0.05, 0.1) is 30.8 Å². The molecule has 0 amide bonds. The van der Waals surface area contributed by atoms with Gasteiger partial charge in [-0.3, -0.25) is 9.36 Å². The molecule has 0 bridgehead atoms. The zero-order valence-corrected chi connectivity index (χ0v) is 20.4. The minimum Gasteiger partial charge on any atom is -0.462 e. The molecular formula is C22H30N5O5P. The predicted octanol–water partition coefficient (Wildman–Crippen LogP) is 3.70. The maximum Gasteiger partial charge on any atom is 0.342 e. The average molecular weight is 475 g/mol. The second-order valence-electron chi connectivity index (χ2n) is 8.05. The Bertz CT molecular complexity index is 1120. The van der Waals surface area contributed by atoms with Crippen LogP contribution in [0, 0.1) is 6.92 Å². The topological polar surface area (TPSA) is 117 Å². The van der Waals surface area contributed by atoms with Crippen molar-refractivity contribution >= 4 is 24.7 Å². The SMILES string of the molecule is Cc1ncnc2c1ncn2C[C@@H](C)OCP(=O)(N[C@@H](C)C(=O)OC(C)C)Oc1ccccc1. The lowest BCUT2D eigenvalue weighted by Crippen LogP contribution is -2.37. The van der Waals surface area contributed by atoms with Crippen LogP contribution in [0.2, 0.25) is 0 Å². The van der Waals surface area contributed by atoms with Crippen LogP contribution < -0.4 is 9.61 Å². The number of carbonyl (C=O) groups excluding carboxylic acids is 1. The minimum atomic E-state index is -3.62. The molecule has 1 aromatic carbocycles. The van der Waals surface area contributed by atoms with Gasteiger partial charge in [0.15, 0.2) is 5.65 Å². The summed E-state index contributed by atoms with van der Waals surface area (Å²) in [6.07, 6.45) is 2.29. The van der Waals surface area contributed by atoms with E-state index in [2.05, 4.69) is 20.0 Å². The number of ether oxygens (including phenoxy) is 2. The summed E-state index contributed by atoms with van der Waals surface area (Å²) in [6, 6.07) is 7.90. The number of hydrogen-bond acceptors (Lipinski definition) is 8. The summed E-state index contributed by atoms with van der Waals surface area (Å²) < 4.78 is 32.4. The van der Waals surface area contributed by atoms with Gasteiger partial charge in [-0.05, 0) is 46.8 Å². The molecule has 0 fully saturated rings. The third kappa shape index (κ3) is 6.83. The molecule has 3 aromatic rings. The molecule has 3 atom stereocenters. The van der Waals surface area contributed by atoms with Crippen LogP contribution in [-0.4, -0.2) is 50.1 Å². The van der Waals surface area contributed by atoms with E-state index in [1.807, 2.05) is 24.5 Å². The van der Waals surface area contributed by atoms with Crippen molar-refractivity contribution in [2.24, 2.45) is 0 Å². The number of aromatic nitrogens is 4. The molecule has 33 heavy (non-hydrogen) atoms. The van der Waals surface area contributed by atoms with Crippen molar-refractivity contribution < 1.29 is 23.4 Å². The number of carbonyl (C=O) groups is 1. The molecule has 0 aliphatic heterocycles. The fraction of sp³-hybridized carbons (Fsp3) is 0.455. The van der Waals surface area contributed by atoms with Crippen molar-refractivity contribution in [2.75, 3.05) is 6.35 Å². The summed E-state index contributed by atoms with van der Waals surface area (Å²) >= 11 is 0. The molecule has 11 heteroatoms. The van der Waals surface area contributed by atoms with Crippen LogP contribution in [0.5, 0.6) is 5.75 Å². The van der Waals surface area contributed by atoms with Crippen LogP contribution in [0.25, 0.3) is 11.2 Å². The number of rotatable bonds is 11. The van der Waals surface area contributed by atoms with Gasteiger partial charge in [0.1, 0.15) is 30.0 Å². The van der Waals surface area contributed by atoms with Crippen LogP contribution in [0.1, 0.15) is 33.4 Å². The van der Waals surface area contributed by atoms with Crippen molar-refractivity contribution in [1.29, 1.82) is 0 Å². The van der Waals surface area contributed by atoms with Gasteiger partial charge in [0.25, 0.3) is 0 Å². The molecule has 0 radical (unpaired) electrons. The van der Waals surface area contributed by atoms with Crippen LogP contribution in [0.15, 0.2) is 43.0 Å². The molecule has 0 aliphatic carbocycles. The molecule has 0 saturated carbocycles. The number of esters is 1. The van der Waals surface area contributed by atoms with E-state index in [4.69, 9.17) is 14.0 Å². The van der Waals surface area contributed by atoms with Gasteiger partial charge in [-0.15, -0.1) is 0 Å². The van der Waals surface area contributed by atoms with Crippen molar-refractivity contribution in [3.63, 3.8) is 0 Å². The van der Waals surface area contributed by atoms with Gasteiger partial charge in [0, 0.05) is 0 Å². The predicted molar refractivity (Wildman–Crippen MR) is 124 cm³/mol. The maximum atomic E-state index is 13.6. The molecule has 0 saturated heterocycles. The van der Waals surface area contributed by atoms with E-state index in [0.29, 0.717) is 17.9 Å². The Kier molecular flexibility index (Phi) is 8.18. The number of imidazole rings is 1. The molecule has 0 aliphatic rings. The monoisotopic (exact) mass is 475 g/mol. The first kappa shape index (κ1) is 24.8. The summed E-state index contributed by atoms with van der Waals surface area (Å²) in [6.45, 7) is 9.24. The maximum absolute atomic E-state index is 13.6. The van der Waals surface area contributed by atoms with Crippen molar-refractivity contribution in [2.45, 2.75) is 59.4 Å². The van der Waals surface area contributed by atoms with E-state index in [1.54, 1.807) is 51.4 Å². The zero-order valence-electron chi connectivity index (χ0n) is 19.5. The van der Waals surface area contributed by atoms with Crippen LogP contribution >= 0.6 is 7.52 Å². The highest BCUT2D eigenvalue weighted by atomic mass is 31.2. The van der Waals surface area contributed by atoms with E-state index < -0.39 is 19.5 Å². The Morgan fingerprint density at radius 3 is 2.55 bits per heavy atom. The van der Waals surface area contributed by atoms with E-state index in [9.17, 15) is 9.36 Å². The Morgan fingerprint density at radius 2 is 1.85 bits per heavy atom. The summed E-state index contributed by atoms with van der Waals surface area (Å²) in [5, 5.41) is 2.79.